The van der Waals surface area contributed by atoms with Crippen molar-refractivity contribution in [3.8, 4) is 0 Å². The third-order valence-corrected chi connectivity index (χ3v) is 7.45. The van der Waals surface area contributed by atoms with Crippen molar-refractivity contribution in [2.75, 3.05) is 26.3 Å². The fourth-order valence-corrected chi connectivity index (χ4v) is 6.06. The number of alkyl halides is 6. The number of nitrogens with one attached hydrogen (secondary N) is 1. The standard InChI is InChI=1S/C21H18F6N3O4PS/c22-19(23,24)12-33-35(32,34-13-20(25,26)27)28-18(36)30-11-10-29-17(31)15-8-4-5-9-16(15)21(29,30)14-6-2-1-3-7-14/h1-9H,10-13H2,(H,28,32,36)/t21-/m0/s1. The van der Waals surface area contributed by atoms with Crippen LogP contribution in [-0.4, -0.2) is 59.5 Å². The van der Waals surface area contributed by atoms with Crippen molar-refractivity contribution in [2.45, 2.75) is 18.0 Å². The van der Waals surface area contributed by atoms with Crippen LogP contribution in [0, 0.1) is 0 Å². The van der Waals surface area contributed by atoms with E-state index in [1.165, 1.54) is 9.80 Å². The monoisotopic (exact) mass is 553 g/mol. The van der Waals surface area contributed by atoms with Crippen molar-refractivity contribution < 1.29 is 44.7 Å². The molecular formula is C21H18F6N3O4PS. The van der Waals surface area contributed by atoms with Gasteiger partial charge >= 0.3 is 20.1 Å². The molecule has 0 saturated carbocycles. The smallest absolute Gasteiger partial charge is 0.316 e. The second kappa shape index (κ2) is 9.33. The summed E-state index contributed by atoms with van der Waals surface area (Å²) in [6, 6.07) is 15.1. The molecule has 0 aliphatic carbocycles. The molecule has 1 N–H and O–H groups in total. The van der Waals surface area contributed by atoms with Crippen molar-refractivity contribution in [1.82, 2.24) is 14.9 Å². The van der Waals surface area contributed by atoms with Gasteiger partial charge in [-0.15, -0.1) is 0 Å². The van der Waals surface area contributed by atoms with Gasteiger partial charge < -0.3 is 9.80 Å². The lowest BCUT2D eigenvalue weighted by Crippen LogP contribution is -2.54. The fraction of sp³-hybridized carbons (Fsp3) is 0.333. The first-order chi connectivity index (χ1) is 16.8. The summed E-state index contributed by atoms with van der Waals surface area (Å²) in [6.45, 7) is -4.15. The summed E-state index contributed by atoms with van der Waals surface area (Å²) in [5.74, 6) is -0.343. The van der Waals surface area contributed by atoms with Crippen molar-refractivity contribution in [1.29, 1.82) is 0 Å². The summed E-state index contributed by atoms with van der Waals surface area (Å²) in [6.07, 6.45) is -10.0. The molecule has 1 saturated heterocycles. The Labute approximate surface area is 206 Å². The Morgan fingerprint density at radius 1 is 0.944 bits per heavy atom. The molecule has 2 aromatic rings. The van der Waals surface area contributed by atoms with Crippen LogP contribution in [0.15, 0.2) is 54.6 Å². The van der Waals surface area contributed by atoms with Crippen LogP contribution in [0.25, 0.3) is 0 Å². The molecule has 0 unspecified atom stereocenters. The van der Waals surface area contributed by atoms with E-state index in [4.69, 9.17) is 12.2 Å². The van der Waals surface area contributed by atoms with Crippen LogP contribution in [0.1, 0.15) is 21.5 Å². The fourth-order valence-electron chi connectivity index (χ4n) is 4.31. The van der Waals surface area contributed by atoms with Gasteiger partial charge in [0.2, 0.25) is 0 Å². The first kappa shape index (κ1) is 26.4. The molecule has 2 heterocycles. The van der Waals surface area contributed by atoms with Gasteiger partial charge in [0, 0.05) is 29.8 Å². The van der Waals surface area contributed by atoms with Crippen LogP contribution in [-0.2, 0) is 19.3 Å². The zero-order valence-corrected chi connectivity index (χ0v) is 19.9. The number of halogens is 6. The summed E-state index contributed by atoms with van der Waals surface area (Å²) in [7, 11) is -5.25. The van der Waals surface area contributed by atoms with Gasteiger partial charge in [-0.05, 0) is 18.3 Å². The predicted octanol–water partition coefficient (Wildman–Crippen LogP) is 4.80. The Hall–Kier alpha value is -2.67. The molecule has 2 aliphatic rings. The number of carbonyl (C=O) groups is 1. The van der Waals surface area contributed by atoms with Crippen LogP contribution in [0.2, 0.25) is 0 Å². The number of nitrogens with zero attached hydrogens (tertiary/aromatic N) is 2. The van der Waals surface area contributed by atoms with Gasteiger partial charge in [0.15, 0.2) is 24.0 Å². The van der Waals surface area contributed by atoms with Gasteiger partial charge in [0.05, 0.1) is 0 Å². The van der Waals surface area contributed by atoms with Crippen LogP contribution >= 0.6 is 20.0 Å². The molecule has 0 spiro atoms. The molecule has 0 radical (unpaired) electrons. The molecule has 15 heteroatoms. The van der Waals surface area contributed by atoms with Crippen LogP contribution in [0.3, 0.4) is 0 Å². The lowest BCUT2D eigenvalue weighted by atomic mass is 9.90. The molecule has 1 amide bonds. The Morgan fingerprint density at radius 2 is 1.50 bits per heavy atom. The number of hydrogen-bond donors (Lipinski definition) is 1. The predicted molar refractivity (Wildman–Crippen MR) is 119 cm³/mol. The SMILES string of the molecule is O=C1c2ccccc2[C@@]2(c3ccccc3)N1CCN2C(=S)NP(=O)(OCC(F)(F)F)OCC(F)(F)F. The number of rotatable bonds is 6. The summed E-state index contributed by atoms with van der Waals surface area (Å²) in [5, 5.41) is 1.45. The Morgan fingerprint density at radius 3 is 2.08 bits per heavy atom. The van der Waals surface area contributed by atoms with Gasteiger partial charge in [0.25, 0.3) is 5.91 Å². The van der Waals surface area contributed by atoms with Crippen LogP contribution < -0.4 is 5.09 Å². The van der Waals surface area contributed by atoms with Gasteiger partial charge in [-0.2, -0.15) is 26.3 Å². The average molecular weight is 553 g/mol. The molecular weight excluding hydrogens is 535 g/mol. The summed E-state index contributed by atoms with van der Waals surface area (Å²) >= 11 is 5.32. The minimum absolute atomic E-state index is 0.0271. The normalized spacial score (nSPS) is 19.9. The second-order valence-corrected chi connectivity index (χ2v) is 10.0. The average Bonchev–Trinajstić information content (AvgIpc) is 3.32. The van der Waals surface area contributed by atoms with Gasteiger partial charge in [-0.1, -0.05) is 48.5 Å². The quantitative estimate of drug-likeness (QED) is 0.313. The molecule has 4 rings (SSSR count). The lowest BCUT2D eigenvalue weighted by Gasteiger charge is -2.42. The van der Waals surface area contributed by atoms with Crippen molar-refractivity contribution in [3.05, 3.63) is 71.3 Å². The maximum Gasteiger partial charge on any atom is 0.435 e. The largest absolute Gasteiger partial charge is 0.435 e. The summed E-state index contributed by atoms with van der Waals surface area (Å²) in [5.41, 5.74) is -0.00580. The molecule has 0 bridgehead atoms. The van der Waals surface area contributed by atoms with Crippen molar-refractivity contribution in [3.63, 3.8) is 0 Å². The number of thiocarbonyl (C=S) groups is 1. The maximum atomic E-state index is 13.2. The van der Waals surface area contributed by atoms with E-state index in [9.17, 15) is 35.7 Å². The van der Waals surface area contributed by atoms with Crippen LogP contribution in [0.5, 0.6) is 0 Å². The summed E-state index contributed by atoms with van der Waals surface area (Å²) < 4.78 is 97.9. The Balaban J connectivity index is 1.73. The van der Waals surface area contributed by atoms with E-state index >= 15 is 0 Å². The molecule has 194 valence electrons. The molecule has 36 heavy (non-hydrogen) atoms. The molecule has 0 aromatic heterocycles. The Kier molecular flexibility index (Phi) is 6.84. The number of carbonyl (C=O) groups excluding carboxylic acids is 1. The maximum absolute atomic E-state index is 13.2. The highest BCUT2D eigenvalue weighted by atomic mass is 32.1. The zero-order valence-electron chi connectivity index (χ0n) is 18.2. The summed E-state index contributed by atoms with van der Waals surface area (Å²) in [4.78, 5) is 16.1. The van der Waals surface area contributed by atoms with Gasteiger partial charge in [-0.25, -0.2) is 4.57 Å². The lowest BCUT2D eigenvalue weighted by molar-refractivity contribution is -0.165. The van der Waals surface area contributed by atoms with E-state index in [2.05, 4.69) is 9.05 Å². The third-order valence-electron chi connectivity index (χ3n) is 5.56. The van der Waals surface area contributed by atoms with E-state index in [0.717, 1.165) is 0 Å². The number of amides is 1. The highest BCUT2D eigenvalue weighted by Gasteiger charge is 2.59. The highest BCUT2D eigenvalue weighted by molar-refractivity contribution is 7.81. The van der Waals surface area contributed by atoms with Crippen molar-refractivity contribution >= 4 is 31.0 Å². The zero-order chi connectivity index (χ0) is 26.4. The Bertz CT molecular complexity index is 1190. The topological polar surface area (TPSA) is 71.1 Å². The number of hydrogen-bond acceptors (Lipinski definition) is 5. The molecule has 1 atom stereocenters. The molecule has 2 aromatic carbocycles. The van der Waals surface area contributed by atoms with Crippen LogP contribution in [0.4, 0.5) is 26.3 Å². The highest BCUT2D eigenvalue weighted by Crippen LogP contribution is 2.52. The third kappa shape index (κ3) is 4.95. The first-order valence-corrected chi connectivity index (χ1v) is 12.3. The van der Waals surface area contributed by atoms with E-state index in [1.807, 2.05) is 5.09 Å². The number of benzene rings is 2. The minimum atomic E-state index is -5.25. The first-order valence-electron chi connectivity index (χ1n) is 10.4. The van der Waals surface area contributed by atoms with Gasteiger partial charge in [0.1, 0.15) is 0 Å². The molecule has 1 fully saturated rings. The minimum Gasteiger partial charge on any atom is -0.316 e. The molecule has 7 nitrogen and oxygen atoms in total. The molecule has 2 aliphatic heterocycles. The van der Waals surface area contributed by atoms with E-state index in [-0.39, 0.29) is 19.0 Å². The van der Waals surface area contributed by atoms with Gasteiger partial charge in [-0.3, -0.25) is 18.9 Å². The van der Waals surface area contributed by atoms with Crippen molar-refractivity contribution in [2.24, 2.45) is 0 Å². The van der Waals surface area contributed by atoms with E-state index in [1.54, 1.807) is 54.6 Å². The van der Waals surface area contributed by atoms with E-state index < -0.39 is 44.1 Å². The van der Waals surface area contributed by atoms with E-state index in [0.29, 0.717) is 16.7 Å². The number of fused-ring (bicyclic) bond motifs is 3. The second-order valence-electron chi connectivity index (χ2n) is 7.88.